The average molecular weight is 154 g/mol. The molecule has 0 aromatic rings. The normalized spacial score (nSPS) is 17.6. The van der Waals surface area contributed by atoms with E-state index in [1.807, 2.05) is 6.20 Å². The second kappa shape index (κ2) is 4.35. The molecule has 0 spiro atoms. The van der Waals surface area contributed by atoms with Gasteiger partial charge in [-0.3, -0.25) is 4.48 Å². The van der Waals surface area contributed by atoms with Gasteiger partial charge in [0.2, 0.25) is 0 Å². The van der Waals surface area contributed by atoms with Gasteiger partial charge in [-0.15, -0.1) is 0 Å². The van der Waals surface area contributed by atoms with Crippen LogP contribution in [0.25, 0.3) is 0 Å². The molecule has 0 amide bonds. The van der Waals surface area contributed by atoms with Crippen LogP contribution in [0, 0.1) is 0 Å². The van der Waals surface area contributed by atoms with Crippen LogP contribution < -0.4 is 0 Å². The first kappa shape index (κ1) is 10.4. The Labute approximate surface area is 70.6 Å². The fourth-order valence-electron chi connectivity index (χ4n) is 0.868. The Morgan fingerprint density at radius 2 is 2.00 bits per heavy atom. The van der Waals surface area contributed by atoms with Gasteiger partial charge in [0.25, 0.3) is 0 Å². The van der Waals surface area contributed by atoms with Crippen molar-refractivity contribution < 1.29 is 4.48 Å². The summed E-state index contributed by atoms with van der Waals surface area (Å²) >= 11 is 0. The first-order valence-electron chi connectivity index (χ1n) is 4.24. The Morgan fingerprint density at radius 1 is 1.45 bits per heavy atom. The summed E-state index contributed by atoms with van der Waals surface area (Å²) in [5, 5.41) is 0. The molecule has 0 aliphatic rings. The molecule has 0 aliphatic carbocycles. The largest absolute Gasteiger partial charge is 0.274 e. The summed E-state index contributed by atoms with van der Waals surface area (Å²) in [6, 6.07) is 0. The lowest BCUT2D eigenvalue weighted by Crippen LogP contribution is -2.31. The number of allylic oxidation sites excluding steroid dienone is 1. The Bertz CT molecular complexity index is 158. The van der Waals surface area contributed by atoms with Crippen LogP contribution >= 0.6 is 0 Å². The second-order valence-corrected chi connectivity index (χ2v) is 3.17. The van der Waals surface area contributed by atoms with Crippen molar-refractivity contribution >= 4 is 0 Å². The van der Waals surface area contributed by atoms with Gasteiger partial charge in [0.15, 0.2) is 0 Å². The molecule has 1 unspecified atom stereocenters. The van der Waals surface area contributed by atoms with Crippen molar-refractivity contribution in [3.05, 3.63) is 24.6 Å². The highest BCUT2D eigenvalue weighted by Gasteiger charge is 2.10. The molecule has 1 nitrogen and oxygen atoms in total. The van der Waals surface area contributed by atoms with E-state index in [0.29, 0.717) is 0 Å². The smallest absolute Gasteiger partial charge is 0.0991 e. The maximum absolute atomic E-state index is 3.82. The third-order valence-electron chi connectivity index (χ3n) is 2.17. The first-order valence-corrected chi connectivity index (χ1v) is 4.24. The van der Waals surface area contributed by atoms with Crippen molar-refractivity contribution in [2.45, 2.75) is 27.2 Å². The summed E-state index contributed by atoms with van der Waals surface area (Å²) in [5.74, 6) is 0. The molecule has 0 heterocycles. The van der Waals surface area contributed by atoms with Crippen LogP contribution in [0.4, 0.5) is 0 Å². The van der Waals surface area contributed by atoms with E-state index in [-0.39, 0.29) is 0 Å². The molecule has 0 aromatic heterocycles. The Kier molecular flexibility index (Phi) is 4.12. The van der Waals surface area contributed by atoms with E-state index >= 15 is 0 Å². The van der Waals surface area contributed by atoms with Gasteiger partial charge < -0.3 is 0 Å². The molecule has 1 atom stereocenters. The zero-order valence-electron chi connectivity index (χ0n) is 8.22. The fourth-order valence-corrected chi connectivity index (χ4v) is 0.868. The molecule has 64 valence electrons. The van der Waals surface area contributed by atoms with Crippen LogP contribution in [0.1, 0.15) is 27.2 Å². The van der Waals surface area contributed by atoms with Gasteiger partial charge in [0.05, 0.1) is 26.0 Å². The van der Waals surface area contributed by atoms with Crippen molar-refractivity contribution in [1.29, 1.82) is 0 Å². The third-order valence-corrected chi connectivity index (χ3v) is 2.17. The highest BCUT2D eigenvalue weighted by molar-refractivity contribution is 4.92. The van der Waals surface area contributed by atoms with Gasteiger partial charge in [-0.25, -0.2) is 0 Å². The summed E-state index contributed by atoms with van der Waals surface area (Å²) in [6.45, 7) is 11.4. The summed E-state index contributed by atoms with van der Waals surface area (Å²) < 4.78 is 0.833. The van der Waals surface area contributed by atoms with E-state index in [0.717, 1.165) is 17.4 Å². The Morgan fingerprint density at radius 3 is 2.27 bits per heavy atom. The van der Waals surface area contributed by atoms with Crippen molar-refractivity contribution in [1.82, 2.24) is 0 Å². The number of rotatable bonds is 4. The summed E-state index contributed by atoms with van der Waals surface area (Å²) in [7, 11) is 2.16. The van der Waals surface area contributed by atoms with Crippen LogP contribution in [-0.4, -0.2) is 18.1 Å². The molecule has 0 radical (unpaired) electrons. The Hall–Kier alpha value is -0.560. The van der Waals surface area contributed by atoms with E-state index in [2.05, 4.69) is 40.6 Å². The maximum atomic E-state index is 3.82. The molecule has 0 aromatic carbocycles. The second-order valence-electron chi connectivity index (χ2n) is 3.17. The molecular weight excluding hydrogens is 134 g/mol. The van der Waals surface area contributed by atoms with Crippen LogP contribution in [-0.2, 0) is 0 Å². The van der Waals surface area contributed by atoms with Crippen LogP contribution in [0.5, 0.6) is 0 Å². The average Bonchev–Trinajstić information content (AvgIpc) is 2.04. The molecule has 1 heteroatoms. The number of hydrogen-bond donors (Lipinski definition) is 0. The van der Waals surface area contributed by atoms with E-state index < -0.39 is 0 Å². The van der Waals surface area contributed by atoms with E-state index in [4.69, 9.17) is 0 Å². The fraction of sp³-hybridized carbons (Fsp3) is 0.600. The van der Waals surface area contributed by atoms with Crippen molar-refractivity contribution in [3.63, 3.8) is 0 Å². The van der Waals surface area contributed by atoms with Crippen molar-refractivity contribution in [2.75, 3.05) is 13.6 Å². The highest BCUT2D eigenvalue weighted by atomic mass is 15.3. The molecule has 11 heavy (non-hydrogen) atoms. The van der Waals surface area contributed by atoms with Gasteiger partial charge in [0.1, 0.15) is 0 Å². The maximum Gasteiger partial charge on any atom is 0.0991 e. The monoisotopic (exact) mass is 154 g/mol. The van der Waals surface area contributed by atoms with E-state index in [1.165, 1.54) is 5.57 Å². The predicted molar refractivity (Wildman–Crippen MR) is 51.0 cm³/mol. The van der Waals surface area contributed by atoms with Gasteiger partial charge >= 0.3 is 0 Å². The van der Waals surface area contributed by atoms with Crippen molar-refractivity contribution in [3.8, 4) is 0 Å². The summed E-state index contributed by atoms with van der Waals surface area (Å²) in [5.41, 5.74) is 1.43. The molecule has 0 fully saturated rings. The summed E-state index contributed by atoms with van der Waals surface area (Å²) in [6.07, 6.45) is 5.36. The van der Waals surface area contributed by atoms with Crippen LogP contribution in [0.3, 0.4) is 0 Å². The zero-order chi connectivity index (χ0) is 8.91. The third kappa shape index (κ3) is 3.38. The number of quaternary nitrogens is 1. The van der Waals surface area contributed by atoms with Gasteiger partial charge in [0, 0.05) is 0 Å². The topological polar surface area (TPSA) is 0 Å². The van der Waals surface area contributed by atoms with E-state index in [1.54, 1.807) is 0 Å². The van der Waals surface area contributed by atoms with Crippen LogP contribution in [0.15, 0.2) is 24.6 Å². The first-order chi connectivity index (χ1) is 5.08. The molecule has 0 N–H and O–H groups in total. The minimum Gasteiger partial charge on any atom is -0.274 e. The quantitative estimate of drug-likeness (QED) is 0.546. The van der Waals surface area contributed by atoms with Crippen LogP contribution in [0.2, 0.25) is 0 Å². The number of hydrogen-bond acceptors (Lipinski definition) is 0. The zero-order valence-corrected chi connectivity index (χ0v) is 8.22. The minimum absolute atomic E-state index is 0.833. The standard InChI is InChI=1S/C10H20N/c1-6-10(4)9-11(5,7-2)8-3/h7,9H,2,6,8H2,1,3-5H3/q+1. The lowest BCUT2D eigenvalue weighted by Gasteiger charge is -2.24. The van der Waals surface area contributed by atoms with Gasteiger partial charge in [-0.1, -0.05) is 6.92 Å². The predicted octanol–water partition coefficient (Wildman–Crippen LogP) is 2.91. The summed E-state index contributed by atoms with van der Waals surface area (Å²) in [4.78, 5) is 0. The minimum atomic E-state index is 0.833. The lowest BCUT2D eigenvalue weighted by molar-refractivity contribution is -0.804. The molecule has 0 bridgehead atoms. The molecule has 0 saturated heterocycles. The van der Waals surface area contributed by atoms with E-state index in [9.17, 15) is 0 Å². The highest BCUT2D eigenvalue weighted by Crippen LogP contribution is 2.09. The number of nitrogens with zero attached hydrogens (tertiary/aromatic N) is 1. The molecule has 0 rings (SSSR count). The molecular formula is C10H20N+. The lowest BCUT2D eigenvalue weighted by atomic mass is 10.2. The SMILES string of the molecule is C=C[N+](C)(C=C(C)CC)CC. The van der Waals surface area contributed by atoms with Gasteiger partial charge in [-0.2, -0.15) is 0 Å². The molecule has 0 aliphatic heterocycles. The Balaban J connectivity index is 4.40. The van der Waals surface area contributed by atoms with Crippen molar-refractivity contribution in [2.24, 2.45) is 0 Å². The molecule has 0 saturated carbocycles. The van der Waals surface area contributed by atoms with Gasteiger partial charge in [-0.05, 0) is 32.4 Å².